The van der Waals surface area contributed by atoms with E-state index < -0.39 is 17.2 Å². The Hall–Kier alpha value is -2.24. The molecule has 0 saturated heterocycles. The summed E-state index contributed by atoms with van der Waals surface area (Å²) < 4.78 is 30.0. The Morgan fingerprint density at radius 2 is 1.90 bits per heavy atom. The van der Waals surface area contributed by atoms with Crippen molar-refractivity contribution in [3.63, 3.8) is 0 Å². The Bertz CT molecular complexity index is 726. The van der Waals surface area contributed by atoms with Crippen LogP contribution in [0.3, 0.4) is 0 Å². The van der Waals surface area contributed by atoms with Gasteiger partial charge >= 0.3 is 0 Å². The summed E-state index contributed by atoms with van der Waals surface area (Å²) in [6.07, 6.45) is 4.59. The zero-order valence-corrected chi connectivity index (χ0v) is 10.7. The lowest BCUT2D eigenvalue weighted by Gasteiger charge is -2.17. The molecule has 1 aliphatic heterocycles. The average Bonchev–Trinajstić information content (AvgIpc) is 2.99. The summed E-state index contributed by atoms with van der Waals surface area (Å²) >= 11 is 0. The monoisotopic (exact) mass is 275 g/mol. The van der Waals surface area contributed by atoms with Crippen molar-refractivity contribution in [1.82, 2.24) is 9.55 Å². The minimum atomic E-state index is -0.747. The van der Waals surface area contributed by atoms with Crippen LogP contribution in [-0.2, 0) is 10.3 Å². The highest BCUT2D eigenvalue weighted by Gasteiger charge is 2.60. The van der Waals surface area contributed by atoms with E-state index in [0.717, 1.165) is 4.90 Å². The molecule has 1 aliphatic carbocycles. The van der Waals surface area contributed by atoms with Crippen LogP contribution in [0.1, 0.15) is 18.4 Å². The lowest BCUT2D eigenvalue weighted by atomic mass is 10.1. The highest BCUT2D eigenvalue weighted by atomic mass is 19.1. The maximum atomic E-state index is 14.1. The first-order valence-electron chi connectivity index (χ1n) is 6.39. The van der Waals surface area contributed by atoms with Gasteiger partial charge in [-0.2, -0.15) is 0 Å². The van der Waals surface area contributed by atoms with Gasteiger partial charge in [-0.25, -0.2) is 18.7 Å². The minimum Gasteiger partial charge on any atom is -0.301 e. The summed E-state index contributed by atoms with van der Waals surface area (Å²) in [5.41, 5.74) is -0.535. The first-order valence-corrected chi connectivity index (χ1v) is 6.39. The number of fused-ring (bicyclic) bond motifs is 2. The normalized spacial score (nSPS) is 18.8. The predicted molar refractivity (Wildman–Crippen MR) is 67.7 cm³/mol. The maximum absolute atomic E-state index is 14.1. The number of halogens is 2. The molecule has 6 heteroatoms. The Kier molecular flexibility index (Phi) is 1.99. The summed E-state index contributed by atoms with van der Waals surface area (Å²) in [7, 11) is 0. The van der Waals surface area contributed by atoms with Crippen molar-refractivity contribution in [3.8, 4) is 0 Å². The van der Waals surface area contributed by atoms with Crippen LogP contribution in [-0.4, -0.2) is 15.5 Å². The van der Waals surface area contributed by atoms with E-state index in [1.54, 1.807) is 23.9 Å². The fourth-order valence-corrected chi connectivity index (χ4v) is 2.88. The molecule has 1 amide bonds. The molecule has 102 valence electrons. The molecule has 0 unspecified atom stereocenters. The Balaban J connectivity index is 1.95. The molecular formula is C14H11F2N3O. The van der Waals surface area contributed by atoms with Crippen LogP contribution in [0.2, 0.25) is 0 Å². The first-order chi connectivity index (χ1) is 9.54. The molecule has 2 aromatic rings. The minimum absolute atomic E-state index is 0.286. The second kappa shape index (κ2) is 3.45. The van der Waals surface area contributed by atoms with Gasteiger partial charge in [0.15, 0.2) is 11.6 Å². The van der Waals surface area contributed by atoms with Crippen molar-refractivity contribution in [2.75, 3.05) is 4.90 Å². The van der Waals surface area contributed by atoms with Crippen LogP contribution in [0.25, 0.3) is 0 Å². The van der Waals surface area contributed by atoms with E-state index in [2.05, 4.69) is 4.98 Å². The van der Waals surface area contributed by atoms with Crippen LogP contribution in [0.5, 0.6) is 0 Å². The molecule has 2 aliphatic rings. The largest absolute Gasteiger partial charge is 0.301 e. The summed E-state index contributed by atoms with van der Waals surface area (Å²) in [5, 5.41) is 0. The molecule has 1 fully saturated rings. The van der Waals surface area contributed by atoms with Crippen molar-refractivity contribution in [2.24, 2.45) is 0 Å². The fourth-order valence-electron chi connectivity index (χ4n) is 2.88. The Morgan fingerprint density at radius 3 is 2.50 bits per heavy atom. The number of carbonyl (C=O) groups excluding carboxylic acids is 1. The number of imidazole rings is 1. The van der Waals surface area contributed by atoms with Gasteiger partial charge in [0, 0.05) is 12.4 Å². The topological polar surface area (TPSA) is 38.1 Å². The van der Waals surface area contributed by atoms with Gasteiger partial charge in [-0.1, -0.05) is 0 Å². The van der Waals surface area contributed by atoms with E-state index in [0.29, 0.717) is 18.4 Å². The number of aryl methyl sites for hydroxylation is 1. The highest BCUT2D eigenvalue weighted by Crippen LogP contribution is 2.53. The number of hydrogen-bond donors (Lipinski definition) is 0. The molecule has 1 spiro atoms. The third kappa shape index (κ3) is 1.23. The van der Waals surface area contributed by atoms with Crippen molar-refractivity contribution >= 4 is 17.5 Å². The molecule has 20 heavy (non-hydrogen) atoms. The van der Waals surface area contributed by atoms with Crippen LogP contribution < -0.4 is 4.90 Å². The number of benzene rings is 1. The zero-order valence-electron chi connectivity index (χ0n) is 10.7. The molecule has 0 bridgehead atoms. The van der Waals surface area contributed by atoms with Crippen molar-refractivity contribution < 1.29 is 13.6 Å². The summed E-state index contributed by atoms with van der Waals surface area (Å²) in [6.45, 7) is 1.60. The van der Waals surface area contributed by atoms with Gasteiger partial charge in [0.25, 0.3) is 5.91 Å². The average molecular weight is 275 g/mol. The number of hydrogen-bond acceptors (Lipinski definition) is 2. The lowest BCUT2D eigenvalue weighted by Crippen LogP contribution is -2.31. The van der Waals surface area contributed by atoms with Gasteiger partial charge in [-0.15, -0.1) is 0 Å². The van der Waals surface area contributed by atoms with E-state index in [-0.39, 0.29) is 17.5 Å². The number of aromatic nitrogens is 2. The van der Waals surface area contributed by atoms with E-state index in [4.69, 9.17) is 0 Å². The van der Waals surface area contributed by atoms with Gasteiger partial charge in [-0.3, -0.25) is 4.79 Å². The molecule has 0 N–H and O–H groups in total. The SMILES string of the molecule is Cc1cc(F)c(N2C(=O)C3(CC3)n3ccnc32)c(F)c1. The predicted octanol–water partition coefficient (Wildman–Crippen LogP) is 2.64. The molecular weight excluding hydrogens is 264 g/mol. The van der Waals surface area contributed by atoms with Crippen LogP contribution in [0.15, 0.2) is 24.5 Å². The lowest BCUT2D eigenvalue weighted by molar-refractivity contribution is -0.120. The number of anilines is 2. The van der Waals surface area contributed by atoms with Gasteiger partial charge in [0.05, 0.1) is 0 Å². The van der Waals surface area contributed by atoms with Crippen LogP contribution in [0, 0.1) is 18.6 Å². The quantitative estimate of drug-likeness (QED) is 0.802. The number of amides is 1. The fraction of sp³-hybridized carbons (Fsp3) is 0.286. The van der Waals surface area contributed by atoms with Crippen molar-refractivity contribution in [3.05, 3.63) is 41.7 Å². The summed E-state index contributed by atoms with van der Waals surface area (Å²) in [5.74, 6) is -1.51. The maximum Gasteiger partial charge on any atom is 0.260 e. The molecule has 2 heterocycles. The summed E-state index contributed by atoms with van der Waals surface area (Å²) in [4.78, 5) is 17.7. The number of nitrogens with zero attached hydrogens (tertiary/aromatic N) is 3. The third-order valence-corrected chi connectivity index (χ3v) is 3.99. The third-order valence-electron chi connectivity index (χ3n) is 3.99. The molecule has 0 radical (unpaired) electrons. The first kappa shape index (κ1) is 11.6. The molecule has 1 aromatic carbocycles. The molecule has 1 aromatic heterocycles. The number of carbonyl (C=O) groups is 1. The highest BCUT2D eigenvalue weighted by molar-refractivity contribution is 6.09. The van der Waals surface area contributed by atoms with Crippen molar-refractivity contribution in [2.45, 2.75) is 25.3 Å². The molecule has 0 atom stereocenters. The Morgan fingerprint density at radius 1 is 1.25 bits per heavy atom. The second-order valence-corrected chi connectivity index (χ2v) is 5.35. The zero-order chi connectivity index (χ0) is 14.1. The molecule has 4 rings (SSSR count). The van der Waals surface area contributed by atoms with Crippen LogP contribution >= 0.6 is 0 Å². The van der Waals surface area contributed by atoms with Crippen LogP contribution in [0.4, 0.5) is 20.4 Å². The Labute approximate surface area is 113 Å². The second-order valence-electron chi connectivity index (χ2n) is 5.35. The molecule has 1 saturated carbocycles. The van der Waals surface area contributed by atoms with Gasteiger partial charge in [0.1, 0.15) is 11.2 Å². The van der Waals surface area contributed by atoms with E-state index >= 15 is 0 Å². The molecule has 4 nitrogen and oxygen atoms in total. The van der Waals surface area contributed by atoms with E-state index in [9.17, 15) is 13.6 Å². The van der Waals surface area contributed by atoms with Gasteiger partial charge < -0.3 is 4.57 Å². The van der Waals surface area contributed by atoms with Gasteiger partial charge in [-0.05, 0) is 37.5 Å². The van der Waals surface area contributed by atoms with E-state index in [1.165, 1.54) is 12.1 Å². The standard InChI is InChI=1S/C14H11F2N3O/c1-8-6-9(15)11(10(16)7-8)19-12(20)14(2-3-14)18-5-4-17-13(18)19/h4-7H,2-3H2,1H3. The van der Waals surface area contributed by atoms with Crippen molar-refractivity contribution in [1.29, 1.82) is 0 Å². The summed E-state index contributed by atoms with van der Waals surface area (Å²) in [6, 6.07) is 2.44. The smallest absolute Gasteiger partial charge is 0.260 e. The van der Waals surface area contributed by atoms with E-state index in [1.807, 2.05) is 0 Å². The number of rotatable bonds is 1. The van der Waals surface area contributed by atoms with Gasteiger partial charge in [0.2, 0.25) is 5.95 Å².